The third kappa shape index (κ3) is 2.70. The lowest BCUT2D eigenvalue weighted by Gasteiger charge is -2.07. The van der Waals surface area contributed by atoms with Crippen molar-refractivity contribution in [3.05, 3.63) is 44.6 Å². The van der Waals surface area contributed by atoms with Crippen LogP contribution < -0.4 is 4.74 Å². The SMILES string of the molecule is Cc1cc(OCc2c(C)nn(C)c2Cl)ccc1Br. The predicted molar refractivity (Wildman–Crippen MR) is 76.2 cm³/mol. The van der Waals surface area contributed by atoms with Gasteiger partial charge >= 0.3 is 0 Å². The third-order valence-electron chi connectivity index (χ3n) is 2.78. The second-order valence-corrected chi connectivity index (χ2v) is 5.39. The van der Waals surface area contributed by atoms with Gasteiger partial charge in [0.2, 0.25) is 0 Å². The molecule has 0 bridgehead atoms. The Morgan fingerprint density at radius 3 is 2.67 bits per heavy atom. The first-order valence-corrected chi connectivity index (χ1v) is 6.73. The van der Waals surface area contributed by atoms with Gasteiger partial charge in [0.15, 0.2) is 0 Å². The summed E-state index contributed by atoms with van der Waals surface area (Å²) in [6.07, 6.45) is 0. The van der Waals surface area contributed by atoms with Gasteiger partial charge in [-0.2, -0.15) is 5.10 Å². The number of aryl methyl sites for hydroxylation is 3. The number of nitrogens with zero attached hydrogens (tertiary/aromatic N) is 2. The second kappa shape index (κ2) is 5.33. The number of aromatic nitrogens is 2. The van der Waals surface area contributed by atoms with Crippen molar-refractivity contribution in [2.24, 2.45) is 7.05 Å². The lowest BCUT2D eigenvalue weighted by molar-refractivity contribution is 0.305. The summed E-state index contributed by atoms with van der Waals surface area (Å²) in [6.45, 7) is 4.39. The van der Waals surface area contributed by atoms with E-state index >= 15 is 0 Å². The Hall–Kier alpha value is -1.000. The van der Waals surface area contributed by atoms with E-state index in [1.54, 1.807) is 4.68 Å². The Kier molecular flexibility index (Phi) is 3.97. The molecule has 0 saturated carbocycles. The van der Waals surface area contributed by atoms with Crippen LogP contribution in [0.25, 0.3) is 0 Å². The molecular formula is C13H14BrClN2O. The number of hydrogen-bond acceptors (Lipinski definition) is 2. The number of hydrogen-bond donors (Lipinski definition) is 0. The third-order valence-corrected chi connectivity index (χ3v) is 4.14. The van der Waals surface area contributed by atoms with Gasteiger partial charge in [0.25, 0.3) is 0 Å². The maximum Gasteiger partial charge on any atom is 0.133 e. The molecule has 0 unspecified atom stereocenters. The Balaban J connectivity index is 2.14. The lowest BCUT2D eigenvalue weighted by atomic mass is 10.2. The highest BCUT2D eigenvalue weighted by Crippen LogP contribution is 2.24. The van der Waals surface area contributed by atoms with Crippen LogP contribution in [0.1, 0.15) is 16.8 Å². The van der Waals surface area contributed by atoms with E-state index < -0.39 is 0 Å². The molecule has 1 aromatic carbocycles. The fourth-order valence-electron chi connectivity index (χ4n) is 1.70. The summed E-state index contributed by atoms with van der Waals surface area (Å²) in [5.74, 6) is 0.829. The quantitative estimate of drug-likeness (QED) is 0.850. The minimum absolute atomic E-state index is 0.430. The Morgan fingerprint density at radius 2 is 2.11 bits per heavy atom. The maximum absolute atomic E-state index is 6.15. The van der Waals surface area contributed by atoms with E-state index in [1.165, 1.54) is 0 Å². The molecule has 1 heterocycles. The molecule has 0 amide bonds. The van der Waals surface area contributed by atoms with Crippen molar-refractivity contribution in [2.75, 3.05) is 0 Å². The summed E-state index contributed by atoms with van der Waals surface area (Å²) in [5.41, 5.74) is 2.97. The molecule has 0 fully saturated rings. The molecule has 0 radical (unpaired) electrons. The van der Waals surface area contributed by atoms with Crippen LogP contribution in [-0.4, -0.2) is 9.78 Å². The smallest absolute Gasteiger partial charge is 0.133 e. The summed E-state index contributed by atoms with van der Waals surface area (Å²) in [5, 5.41) is 4.88. The van der Waals surface area contributed by atoms with Crippen LogP contribution >= 0.6 is 27.5 Å². The van der Waals surface area contributed by atoms with Crippen molar-refractivity contribution in [3.63, 3.8) is 0 Å². The van der Waals surface area contributed by atoms with Gasteiger partial charge in [-0.25, -0.2) is 0 Å². The molecule has 3 nitrogen and oxygen atoms in total. The molecule has 0 aliphatic heterocycles. The first-order chi connectivity index (χ1) is 8.49. The maximum atomic E-state index is 6.15. The molecule has 2 rings (SSSR count). The summed E-state index contributed by atoms with van der Waals surface area (Å²) >= 11 is 9.61. The Labute approximate surface area is 120 Å². The minimum atomic E-state index is 0.430. The van der Waals surface area contributed by atoms with Gasteiger partial charge in [-0.1, -0.05) is 27.5 Å². The van der Waals surface area contributed by atoms with Crippen LogP contribution in [0, 0.1) is 13.8 Å². The highest BCUT2D eigenvalue weighted by atomic mass is 79.9. The van der Waals surface area contributed by atoms with Crippen LogP contribution in [0.4, 0.5) is 0 Å². The first kappa shape index (κ1) is 13.4. The molecule has 5 heteroatoms. The van der Waals surface area contributed by atoms with E-state index in [0.717, 1.165) is 27.0 Å². The molecular weight excluding hydrogens is 316 g/mol. The Morgan fingerprint density at radius 1 is 1.39 bits per heavy atom. The number of halogens is 2. The molecule has 0 spiro atoms. The molecule has 0 aliphatic rings. The van der Waals surface area contributed by atoms with Crippen molar-refractivity contribution in [1.29, 1.82) is 0 Å². The molecule has 0 N–H and O–H groups in total. The van der Waals surface area contributed by atoms with Crippen LogP contribution in [-0.2, 0) is 13.7 Å². The normalized spacial score (nSPS) is 10.7. The molecule has 2 aromatic rings. The molecule has 0 saturated heterocycles. The lowest BCUT2D eigenvalue weighted by Crippen LogP contribution is -1.97. The van der Waals surface area contributed by atoms with Crippen molar-refractivity contribution in [1.82, 2.24) is 9.78 Å². The number of rotatable bonds is 3. The summed E-state index contributed by atoms with van der Waals surface area (Å²) in [4.78, 5) is 0. The topological polar surface area (TPSA) is 27.1 Å². The Bertz CT molecular complexity index is 581. The monoisotopic (exact) mass is 328 g/mol. The highest BCUT2D eigenvalue weighted by molar-refractivity contribution is 9.10. The van der Waals surface area contributed by atoms with Crippen molar-refractivity contribution in [2.45, 2.75) is 20.5 Å². The van der Waals surface area contributed by atoms with Crippen molar-refractivity contribution in [3.8, 4) is 5.75 Å². The first-order valence-electron chi connectivity index (χ1n) is 5.56. The van der Waals surface area contributed by atoms with Crippen LogP contribution in [0.5, 0.6) is 5.75 Å². The summed E-state index contributed by atoms with van der Waals surface area (Å²) in [6, 6.07) is 5.89. The number of benzene rings is 1. The molecule has 1 aromatic heterocycles. The van der Waals surface area contributed by atoms with E-state index in [0.29, 0.717) is 11.8 Å². The zero-order valence-electron chi connectivity index (χ0n) is 10.5. The van der Waals surface area contributed by atoms with Crippen molar-refractivity contribution >= 4 is 27.5 Å². The minimum Gasteiger partial charge on any atom is -0.489 e. The van der Waals surface area contributed by atoms with Gasteiger partial charge in [0, 0.05) is 17.1 Å². The van der Waals surface area contributed by atoms with Crippen molar-refractivity contribution < 1.29 is 4.74 Å². The van der Waals surface area contributed by atoms with Gasteiger partial charge in [0.05, 0.1) is 5.69 Å². The summed E-state index contributed by atoms with van der Waals surface area (Å²) < 4.78 is 8.47. The van der Waals surface area contributed by atoms with Crippen LogP contribution in [0.2, 0.25) is 5.15 Å². The van der Waals surface area contributed by atoms with Gasteiger partial charge in [0.1, 0.15) is 17.5 Å². The van der Waals surface area contributed by atoms with Crippen LogP contribution in [0.15, 0.2) is 22.7 Å². The van der Waals surface area contributed by atoms with E-state index in [9.17, 15) is 0 Å². The van der Waals surface area contributed by atoms with Gasteiger partial charge < -0.3 is 4.74 Å². The van der Waals surface area contributed by atoms with Crippen LogP contribution in [0.3, 0.4) is 0 Å². The standard InChI is InChI=1S/C13H14BrClN2O/c1-8-6-10(4-5-12(8)14)18-7-11-9(2)16-17(3)13(11)15/h4-6H,7H2,1-3H3. The molecule has 0 aliphatic carbocycles. The molecule has 18 heavy (non-hydrogen) atoms. The highest BCUT2D eigenvalue weighted by Gasteiger charge is 2.11. The zero-order chi connectivity index (χ0) is 13.3. The largest absolute Gasteiger partial charge is 0.489 e. The van der Waals surface area contributed by atoms with Gasteiger partial charge in [-0.3, -0.25) is 4.68 Å². The van der Waals surface area contributed by atoms with E-state index in [1.807, 2.05) is 39.1 Å². The summed E-state index contributed by atoms with van der Waals surface area (Å²) in [7, 11) is 1.82. The fourth-order valence-corrected chi connectivity index (χ4v) is 2.18. The molecule has 0 atom stereocenters. The average molecular weight is 330 g/mol. The van der Waals surface area contributed by atoms with E-state index in [-0.39, 0.29) is 0 Å². The number of ether oxygens (including phenoxy) is 1. The van der Waals surface area contributed by atoms with E-state index in [4.69, 9.17) is 16.3 Å². The fraction of sp³-hybridized carbons (Fsp3) is 0.308. The average Bonchev–Trinajstić information content (AvgIpc) is 2.56. The zero-order valence-corrected chi connectivity index (χ0v) is 12.8. The second-order valence-electron chi connectivity index (χ2n) is 4.18. The van der Waals surface area contributed by atoms with Gasteiger partial charge in [-0.05, 0) is 37.6 Å². The van der Waals surface area contributed by atoms with Gasteiger partial charge in [-0.15, -0.1) is 0 Å². The predicted octanol–water partition coefficient (Wildman–Crippen LogP) is 4.03. The van der Waals surface area contributed by atoms with E-state index in [2.05, 4.69) is 21.0 Å². The molecule has 96 valence electrons.